The highest BCUT2D eigenvalue weighted by molar-refractivity contribution is 7.80. The van der Waals surface area contributed by atoms with Crippen LogP contribution in [-0.2, 0) is 24.1 Å². The molecule has 1 N–H and O–H groups in total. The quantitative estimate of drug-likeness (QED) is 0.367. The molecule has 1 unspecified atom stereocenters. The summed E-state index contributed by atoms with van der Waals surface area (Å²) in [5.74, 6) is 0.0943. The molecule has 0 aromatic carbocycles. The average molecular weight is 357 g/mol. The maximum absolute atomic E-state index is 11.7. The zero-order chi connectivity index (χ0) is 18.5. The van der Waals surface area contributed by atoms with E-state index in [4.69, 9.17) is 9.29 Å². The Kier molecular flexibility index (Phi) is 13.5. The molecule has 8 heteroatoms. The third-order valence-corrected chi connectivity index (χ3v) is 3.54. The van der Waals surface area contributed by atoms with Gasteiger partial charge in [0, 0.05) is 0 Å². The normalized spacial score (nSPS) is 13.0. The van der Waals surface area contributed by atoms with E-state index < -0.39 is 10.4 Å². The Hall–Kier alpha value is -0.700. The minimum Gasteiger partial charge on any atom is -0.459 e. The van der Waals surface area contributed by atoms with Gasteiger partial charge in [-0.3, -0.25) is 9.35 Å². The summed E-state index contributed by atoms with van der Waals surface area (Å²) >= 11 is 0. The van der Waals surface area contributed by atoms with Gasteiger partial charge in [-0.05, 0) is 19.8 Å². The molecular formula is C15H34NO6S+. The lowest BCUT2D eigenvalue weighted by molar-refractivity contribution is -0.870. The van der Waals surface area contributed by atoms with Crippen LogP contribution in [0.3, 0.4) is 0 Å². The monoisotopic (exact) mass is 356 g/mol. The lowest BCUT2D eigenvalue weighted by Crippen LogP contribution is -2.38. The van der Waals surface area contributed by atoms with Crippen molar-refractivity contribution in [2.75, 3.05) is 40.9 Å². The molecular weight excluding hydrogens is 322 g/mol. The van der Waals surface area contributed by atoms with Gasteiger partial charge in [0.15, 0.2) is 0 Å². The lowest BCUT2D eigenvalue weighted by atomic mass is 10.00. The van der Waals surface area contributed by atoms with Gasteiger partial charge in [0.25, 0.3) is 0 Å². The van der Waals surface area contributed by atoms with Crippen LogP contribution in [-0.4, -0.2) is 64.3 Å². The number of nitrogens with zero attached hydrogens (tertiary/aromatic N) is 1. The van der Waals surface area contributed by atoms with Crippen molar-refractivity contribution in [3.63, 3.8) is 0 Å². The zero-order valence-electron chi connectivity index (χ0n) is 15.4. The molecule has 0 saturated carbocycles. The maximum Gasteiger partial charge on any atom is 0.397 e. The van der Waals surface area contributed by atoms with E-state index >= 15 is 0 Å². The molecule has 140 valence electrons. The molecule has 0 rings (SSSR count). The van der Waals surface area contributed by atoms with Gasteiger partial charge in [0.2, 0.25) is 0 Å². The molecule has 1 atom stereocenters. The summed E-state index contributed by atoms with van der Waals surface area (Å²) in [6, 6.07) is 0. The van der Waals surface area contributed by atoms with Gasteiger partial charge in [-0.2, -0.15) is 8.42 Å². The molecule has 0 spiro atoms. The van der Waals surface area contributed by atoms with Crippen LogP contribution in [0, 0.1) is 5.92 Å². The maximum atomic E-state index is 11.7. The number of likely N-dealkylation sites (N-methyl/N-ethyl adjacent to an activating group) is 1. The van der Waals surface area contributed by atoms with E-state index in [2.05, 4.69) is 39.2 Å². The second-order valence-corrected chi connectivity index (χ2v) is 7.35. The van der Waals surface area contributed by atoms with Crippen LogP contribution in [0.4, 0.5) is 0 Å². The number of ether oxygens (including phenoxy) is 1. The van der Waals surface area contributed by atoms with Gasteiger partial charge < -0.3 is 9.22 Å². The highest BCUT2D eigenvalue weighted by atomic mass is 32.3. The van der Waals surface area contributed by atoms with Crippen LogP contribution in [0.15, 0.2) is 0 Å². The summed E-state index contributed by atoms with van der Waals surface area (Å²) in [5.41, 5.74) is 0. The largest absolute Gasteiger partial charge is 0.459 e. The Morgan fingerprint density at radius 3 is 2.04 bits per heavy atom. The number of carbonyl (C=O) groups is 1. The predicted molar refractivity (Wildman–Crippen MR) is 90.3 cm³/mol. The Balaban J connectivity index is 0. The van der Waals surface area contributed by atoms with Crippen LogP contribution in [0.5, 0.6) is 0 Å². The molecule has 0 aromatic rings. The number of hydrogen-bond donors (Lipinski definition) is 1. The third kappa shape index (κ3) is 19.3. The van der Waals surface area contributed by atoms with Crippen molar-refractivity contribution in [1.29, 1.82) is 0 Å². The minimum atomic E-state index is -4.17. The van der Waals surface area contributed by atoms with Crippen LogP contribution < -0.4 is 0 Å². The lowest BCUT2D eigenvalue weighted by Gasteiger charge is -2.24. The van der Waals surface area contributed by atoms with E-state index in [0.717, 1.165) is 36.7 Å². The summed E-state index contributed by atoms with van der Waals surface area (Å²) in [6.45, 7) is 7.05. The first kappa shape index (κ1) is 24.6. The van der Waals surface area contributed by atoms with Gasteiger partial charge in [-0.25, -0.2) is 4.18 Å². The zero-order valence-corrected chi connectivity index (χ0v) is 16.2. The topological polar surface area (TPSA) is 89.9 Å². The van der Waals surface area contributed by atoms with Crippen LogP contribution >= 0.6 is 0 Å². The minimum absolute atomic E-state index is 0.00981. The molecule has 0 heterocycles. The van der Waals surface area contributed by atoms with Gasteiger partial charge in [0.05, 0.1) is 33.7 Å². The summed E-state index contributed by atoms with van der Waals surface area (Å²) < 4.78 is 36.8. The van der Waals surface area contributed by atoms with E-state index in [1.807, 2.05) is 0 Å². The van der Waals surface area contributed by atoms with Crippen molar-refractivity contribution in [2.24, 2.45) is 5.92 Å². The molecule has 23 heavy (non-hydrogen) atoms. The van der Waals surface area contributed by atoms with E-state index in [9.17, 15) is 13.2 Å². The Labute approximate surface area is 141 Å². The second-order valence-electron chi connectivity index (χ2n) is 6.26. The number of hydrogen-bond acceptors (Lipinski definition) is 5. The van der Waals surface area contributed by atoms with Gasteiger partial charge in [-0.15, -0.1) is 0 Å². The SMILES string of the molecule is CCCCC(CC)C(=O)OCC[N+](C)(C)C.CCOS(=O)(=O)O. The fourth-order valence-corrected chi connectivity index (χ4v) is 1.92. The number of quaternary nitrogens is 1. The van der Waals surface area contributed by atoms with Crippen LogP contribution in [0.1, 0.15) is 46.5 Å². The summed E-state index contributed by atoms with van der Waals surface area (Å²) in [4.78, 5) is 11.7. The summed E-state index contributed by atoms with van der Waals surface area (Å²) in [6.07, 6.45) is 4.12. The molecule has 0 saturated heterocycles. The van der Waals surface area contributed by atoms with Gasteiger partial charge >= 0.3 is 16.4 Å². The van der Waals surface area contributed by atoms with E-state index in [0.29, 0.717) is 6.61 Å². The van der Waals surface area contributed by atoms with Crippen molar-refractivity contribution in [3.05, 3.63) is 0 Å². The molecule has 7 nitrogen and oxygen atoms in total. The van der Waals surface area contributed by atoms with Crippen molar-refractivity contribution in [2.45, 2.75) is 46.5 Å². The highest BCUT2D eigenvalue weighted by Crippen LogP contribution is 2.14. The smallest absolute Gasteiger partial charge is 0.397 e. The molecule has 0 bridgehead atoms. The number of esters is 1. The number of unbranched alkanes of at least 4 members (excludes halogenated alkanes) is 1. The molecule has 0 amide bonds. The summed E-state index contributed by atoms with van der Waals surface area (Å²) in [5, 5.41) is 0. The molecule has 0 fully saturated rings. The van der Waals surface area contributed by atoms with E-state index in [-0.39, 0.29) is 18.5 Å². The fourth-order valence-electron chi connectivity index (χ4n) is 1.63. The van der Waals surface area contributed by atoms with E-state index in [1.165, 1.54) is 6.92 Å². The average Bonchev–Trinajstić information content (AvgIpc) is 2.37. The summed E-state index contributed by atoms with van der Waals surface area (Å²) in [7, 11) is 2.12. The van der Waals surface area contributed by atoms with Crippen LogP contribution in [0.2, 0.25) is 0 Å². The highest BCUT2D eigenvalue weighted by Gasteiger charge is 2.18. The Morgan fingerprint density at radius 2 is 1.74 bits per heavy atom. The number of rotatable bonds is 10. The molecule has 0 aliphatic rings. The molecule has 0 aliphatic heterocycles. The molecule has 0 radical (unpaired) electrons. The van der Waals surface area contributed by atoms with Crippen molar-refractivity contribution >= 4 is 16.4 Å². The Morgan fingerprint density at radius 1 is 1.17 bits per heavy atom. The first-order valence-electron chi connectivity index (χ1n) is 8.05. The standard InChI is InChI=1S/C13H28NO2.C2H6O4S/c1-6-8-9-12(7-2)13(15)16-11-10-14(3,4)5;1-2-6-7(3,4)5/h12H,6-11H2,1-5H3;2H2,1H3,(H,3,4,5)/q+1;. The first-order valence-corrected chi connectivity index (χ1v) is 9.42. The molecule has 0 aliphatic carbocycles. The first-order chi connectivity index (χ1) is 10.5. The van der Waals surface area contributed by atoms with Crippen molar-refractivity contribution in [1.82, 2.24) is 0 Å². The third-order valence-electron chi connectivity index (χ3n) is 3.01. The van der Waals surface area contributed by atoms with Gasteiger partial charge in [0.1, 0.15) is 13.2 Å². The van der Waals surface area contributed by atoms with Crippen molar-refractivity contribution in [3.8, 4) is 0 Å². The van der Waals surface area contributed by atoms with Crippen molar-refractivity contribution < 1.29 is 31.2 Å². The number of carbonyl (C=O) groups excluding carboxylic acids is 1. The predicted octanol–water partition coefficient (Wildman–Crippen LogP) is 2.28. The fraction of sp³-hybridized carbons (Fsp3) is 0.933. The van der Waals surface area contributed by atoms with Crippen LogP contribution in [0.25, 0.3) is 0 Å². The van der Waals surface area contributed by atoms with Gasteiger partial charge in [-0.1, -0.05) is 26.7 Å². The second kappa shape index (κ2) is 12.7. The van der Waals surface area contributed by atoms with E-state index in [1.54, 1.807) is 0 Å². The molecule has 0 aromatic heterocycles. The Bertz CT molecular complexity index is 403.